The van der Waals surface area contributed by atoms with Crippen LogP contribution < -0.4 is 11.5 Å². The van der Waals surface area contributed by atoms with Gasteiger partial charge in [-0.1, -0.05) is 46.6 Å². The maximum Gasteiger partial charge on any atom is 0.229 e. The Hall–Kier alpha value is -1.73. The number of carbonyl (C=O) groups is 2. The molecule has 2 bridgehead atoms. The summed E-state index contributed by atoms with van der Waals surface area (Å²) in [5, 5.41) is 0. The zero-order valence-corrected chi connectivity index (χ0v) is 19.8. The molecule has 0 unspecified atom stereocenters. The average Bonchev–Trinajstić information content (AvgIpc) is 3.24. The maximum absolute atomic E-state index is 13.5. The molecule has 0 radical (unpaired) electrons. The second-order valence-corrected chi connectivity index (χ2v) is 11.1. The van der Waals surface area contributed by atoms with Crippen LogP contribution in [0.3, 0.4) is 0 Å². The fourth-order valence-corrected chi connectivity index (χ4v) is 7.80. The van der Waals surface area contributed by atoms with Gasteiger partial charge in [-0.05, 0) is 67.7 Å². The molecular formula is C25H31BrFN3O2. The van der Waals surface area contributed by atoms with Gasteiger partial charge in [-0.15, -0.1) is 0 Å². The van der Waals surface area contributed by atoms with Crippen molar-refractivity contribution in [3.63, 3.8) is 0 Å². The van der Waals surface area contributed by atoms with Crippen molar-refractivity contribution in [2.75, 3.05) is 19.6 Å². The molecule has 5 atom stereocenters. The van der Waals surface area contributed by atoms with Crippen molar-refractivity contribution in [3.05, 3.63) is 46.5 Å². The van der Waals surface area contributed by atoms with Crippen LogP contribution in [0.1, 0.15) is 44.1 Å². The molecule has 1 aliphatic heterocycles. The largest absolute Gasteiger partial charge is 0.369 e. The Morgan fingerprint density at radius 1 is 1.06 bits per heavy atom. The first-order chi connectivity index (χ1) is 15.3. The van der Waals surface area contributed by atoms with E-state index in [1.165, 1.54) is 0 Å². The van der Waals surface area contributed by atoms with E-state index in [4.69, 9.17) is 11.5 Å². The molecule has 3 fully saturated rings. The predicted molar refractivity (Wildman–Crippen MR) is 124 cm³/mol. The third kappa shape index (κ3) is 2.82. The number of halogens is 2. The zero-order valence-electron chi connectivity index (χ0n) is 18.2. The summed E-state index contributed by atoms with van der Waals surface area (Å²) in [7, 11) is 0. The van der Waals surface area contributed by atoms with Crippen molar-refractivity contribution in [3.8, 4) is 0 Å². The third-order valence-electron chi connectivity index (χ3n) is 8.90. The van der Waals surface area contributed by atoms with Crippen LogP contribution in [0, 0.1) is 22.7 Å². The van der Waals surface area contributed by atoms with Crippen molar-refractivity contribution >= 4 is 27.7 Å². The number of nitrogens with two attached hydrogens (primary N) is 2. The number of hydrogen-bond acceptors (Lipinski definition) is 3. The Balaban J connectivity index is 1.52. The van der Waals surface area contributed by atoms with Gasteiger partial charge in [-0.3, -0.25) is 9.59 Å². The van der Waals surface area contributed by atoms with Crippen LogP contribution >= 0.6 is 15.9 Å². The molecule has 3 aliphatic carbocycles. The second kappa shape index (κ2) is 7.66. The number of benzene rings is 1. The van der Waals surface area contributed by atoms with Crippen molar-refractivity contribution in [1.82, 2.24) is 4.90 Å². The van der Waals surface area contributed by atoms with Gasteiger partial charge < -0.3 is 16.4 Å². The highest BCUT2D eigenvalue weighted by atomic mass is 79.9. The lowest BCUT2D eigenvalue weighted by Gasteiger charge is -2.48. The Morgan fingerprint density at radius 3 is 2.31 bits per heavy atom. The van der Waals surface area contributed by atoms with Gasteiger partial charge >= 0.3 is 0 Å². The van der Waals surface area contributed by atoms with E-state index in [0.717, 1.165) is 48.8 Å². The minimum atomic E-state index is -1.15. The minimum Gasteiger partial charge on any atom is -0.369 e. The fourth-order valence-electron chi connectivity index (χ4n) is 7.54. The summed E-state index contributed by atoms with van der Waals surface area (Å²) in [6.07, 6.45) is 8.19. The Labute approximate surface area is 196 Å². The summed E-state index contributed by atoms with van der Waals surface area (Å²) < 4.78 is 14.4. The van der Waals surface area contributed by atoms with Gasteiger partial charge in [0.1, 0.15) is 6.17 Å². The third-order valence-corrected chi connectivity index (χ3v) is 9.43. The summed E-state index contributed by atoms with van der Waals surface area (Å²) in [5.74, 6) is -1.07. The quantitative estimate of drug-likeness (QED) is 0.420. The number of unbranched alkanes of at least 4 members (excludes halogenated alkanes) is 1. The van der Waals surface area contributed by atoms with Gasteiger partial charge in [0, 0.05) is 23.5 Å². The van der Waals surface area contributed by atoms with Crippen LogP contribution in [-0.4, -0.2) is 42.5 Å². The van der Waals surface area contributed by atoms with E-state index < -0.39 is 28.8 Å². The van der Waals surface area contributed by atoms with Crippen molar-refractivity contribution in [1.29, 1.82) is 0 Å². The highest BCUT2D eigenvalue weighted by Crippen LogP contribution is 2.80. The first-order valence-electron chi connectivity index (χ1n) is 11.7. The van der Waals surface area contributed by atoms with E-state index in [-0.39, 0.29) is 17.3 Å². The maximum atomic E-state index is 13.5. The summed E-state index contributed by atoms with van der Waals surface area (Å²) >= 11 is 3.48. The standard InChI is InChI=1S/C25H31BrFN3O2/c26-17-5-3-16(4-6-17)25(22(29)32)20-8-7-19(23(20)11-12-23)24(25,21(28)31)10-1-2-13-30-14-9-18(27)15-30/h3-8,18-20H,1-2,9-15H2,(H2,28,31)(H2,29,32)/t18-,19-,20+,24+,25-/m1/s1. The van der Waals surface area contributed by atoms with E-state index in [1.54, 1.807) is 0 Å². The van der Waals surface area contributed by atoms with Gasteiger partial charge in [0.05, 0.1) is 10.8 Å². The number of alkyl halides is 1. The van der Waals surface area contributed by atoms with E-state index in [9.17, 15) is 14.0 Å². The number of primary amides is 2. The first-order valence-corrected chi connectivity index (χ1v) is 12.5. The van der Waals surface area contributed by atoms with Gasteiger partial charge in [-0.2, -0.15) is 0 Å². The molecule has 4 N–H and O–H groups in total. The van der Waals surface area contributed by atoms with Crippen LogP contribution in [0.5, 0.6) is 0 Å². The molecule has 1 spiro atoms. The lowest BCUT2D eigenvalue weighted by atomic mass is 9.52. The summed E-state index contributed by atoms with van der Waals surface area (Å²) in [5.41, 5.74) is 11.0. The summed E-state index contributed by atoms with van der Waals surface area (Å²) in [4.78, 5) is 29.0. The topological polar surface area (TPSA) is 89.4 Å². The lowest BCUT2D eigenvalue weighted by Crippen LogP contribution is -2.62. The van der Waals surface area contributed by atoms with Gasteiger partial charge in [0.15, 0.2) is 0 Å². The van der Waals surface area contributed by atoms with Crippen molar-refractivity contribution in [2.45, 2.75) is 50.1 Å². The van der Waals surface area contributed by atoms with Crippen LogP contribution in [0.15, 0.2) is 40.9 Å². The molecular weight excluding hydrogens is 473 g/mol. The Morgan fingerprint density at radius 2 is 1.75 bits per heavy atom. The lowest BCUT2D eigenvalue weighted by molar-refractivity contribution is -0.143. The number of nitrogens with zero attached hydrogens (tertiary/aromatic N) is 1. The number of rotatable bonds is 8. The number of amides is 2. The predicted octanol–water partition coefficient (Wildman–Crippen LogP) is 3.45. The van der Waals surface area contributed by atoms with Crippen molar-refractivity contribution in [2.24, 2.45) is 34.1 Å². The highest BCUT2D eigenvalue weighted by Gasteiger charge is 2.82. The molecule has 7 heteroatoms. The first kappa shape index (κ1) is 22.1. The van der Waals surface area contributed by atoms with Crippen LogP contribution in [0.2, 0.25) is 0 Å². The molecule has 1 aromatic rings. The smallest absolute Gasteiger partial charge is 0.229 e. The van der Waals surface area contributed by atoms with Crippen LogP contribution in [-0.2, 0) is 15.0 Å². The zero-order chi connectivity index (χ0) is 22.7. The van der Waals surface area contributed by atoms with E-state index in [1.807, 2.05) is 24.3 Å². The molecule has 1 saturated heterocycles. The molecule has 1 heterocycles. The van der Waals surface area contributed by atoms with Gasteiger partial charge in [0.2, 0.25) is 11.8 Å². The van der Waals surface area contributed by atoms with Crippen LogP contribution in [0.25, 0.3) is 0 Å². The summed E-state index contributed by atoms with van der Waals surface area (Å²) in [6.45, 7) is 2.07. The highest BCUT2D eigenvalue weighted by molar-refractivity contribution is 9.10. The number of carbonyl (C=O) groups excluding carboxylic acids is 2. The minimum absolute atomic E-state index is 0.0735. The van der Waals surface area contributed by atoms with E-state index in [2.05, 4.69) is 33.0 Å². The Kier molecular flexibility index (Phi) is 5.28. The fraction of sp³-hybridized carbons (Fsp3) is 0.600. The van der Waals surface area contributed by atoms with Gasteiger partial charge in [-0.25, -0.2) is 4.39 Å². The molecule has 172 valence electrons. The van der Waals surface area contributed by atoms with Crippen molar-refractivity contribution < 1.29 is 14.0 Å². The molecule has 32 heavy (non-hydrogen) atoms. The van der Waals surface area contributed by atoms with Gasteiger partial charge in [0.25, 0.3) is 0 Å². The summed E-state index contributed by atoms with van der Waals surface area (Å²) in [6, 6.07) is 7.65. The molecule has 4 aliphatic rings. The second-order valence-electron chi connectivity index (χ2n) is 10.2. The molecule has 5 rings (SSSR count). The molecule has 1 aromatic carbocycles. The molecule has 2 amide bonds. The molecule has 5 nitrogen and oxygen atoms in total. The van der Waals surface area contributed by atoms with E-state index in [0.29, 0.717) is 19.4 Å². The number of likely N-dealkylation sites (tertiary alicyclic amines) is 1. The molecule has 2 saturated carbocycles. The monoisotopic (exact) mass is 503 g/mol. The molecule has 0 aromatic heterocycles. The van der Waals surface area contributed by atoms with Crippen LogP contribution in [0.4, 0.5) is 4.39 Å². The number of allylic oxidation sites excluding steroid dienone is 2. The van der Waals surface area contributed by atoms with E-state index >= 15 is 0 Å². The normalized spacial score (nSPS) is 36.8. The average molecular weight is 504 g/mol. The SMILES string of the molecule is NC(=O)[C@]1(CCCCN2CC[C@@H](F)C2)[C@@H]2C=C[C@@H](C23CC3)[C@@]1(C(N)=O)c1ccc(Br)cc1. The number of hydrogen-bond donors (Lipinski definition) is 2. The Bertz CT molecular complexity index is 962.